The van der Waals surface area contributed by atoms with Crippen LogP contribution in [0.15, 0.2) is 9.69 Å². The molecule has 1 aromatic heterocycles. The van der Waals surface area contributed by atoms with Gasteiger partial charge in [0.1, 0.15) is 11.1 Å². The number of thiol groups is 1. The van der Waals surface area contributed by atoms with Gasteiger partial charge < -0.3 is 15.8 Å². The molecule has 0 amide bonds. The van der Waals surface area contributed by atoms with Crippen molar-refractivity contribution in [2.75, 3.05) is 11.1 Å². The molecule has 7 heteroatoms. The standard InChI is InChI=1S/C13H22N4O2S/c1-3-5-8-6-7(4-2)12(19-8)15-10-9(20)11(18)17-13(14)16-10/h7-8,12,20H,3-6H2,1-2H3,(H4,14,15,16,17,18). The van der Waals surface area contributed by atoms with Crippen molar-refractivity contribution < 1.29 is 4.74 Å². The van der Waals surface area contributed by atoms with Gasteiger partial charge in [0.15, 0.2) is 5.82 Å². The van der Waals surface area contributed by atoms with Crippen molar-refractivity contribution >= 4 is 24.4 Å². The van der Waals surface area contributed by atoms with Crippen LogP contribution in [-0.2, 0) is 4.74 Å². The molecule has 0 spiro atoms. The number of H-pyrrole nitrogens is 1. The van der Waals surface area contributed by atoms with Gasteiger partial charge >= 0.3 is 0 Å². The Kier molecular flexibility index (Phi) is 4.93. The average Bonchev–Trinajstić information content (AvgIpc) is 2.78. The molecule has 1 aliphatic rings. The lowest BCUT2D eigenvalue weighted by atomic mass is 9.99. The van der Waals surface area contributed by atoms with E-state index in [9.17, 15) is 4.79 Å². The molecule has 1 aromatic rings. The van der Waals surface area contributed by atoms with E-state index in [0.29, 0.717) is 11.7 Å². The molecule has 20 heavy (non-hydrogen) atoms. The van der Waals surface area contributed by atoms with Gasteiger partial charge in [0.05, 0.1) is 6.10 Å². The second-order valence-electron chi connectivity index (χ2n) is 5.16. The highest BCUT2D eigenvalue weighted by atomic mass is 32.1. The van der Waals surface area contributed by atoms with E-state index in [1.165, 1.54) is 0 Å². The molecule has 4 N–H and O–H groups in total. The Bertz CT molecular complexity index is 520. The minimum absolute atomic E-state index is 0.0754. The van der Waals surface area contributed by atoms with Gasteiger partial charge in [0, 0.05) is 5.92 Å². The summed E-state index contributed by atoms with van der Waals surface area (Å²) >= 11 is 4.17. The smallest absolute Gasteiger partial charge is 0.267 e. The van der Waals surface area contributed by atoms with E-state index >= 15 is 0 Å². The van der Waals surface area contributed by atoms with E-state index in [0.717, 1.165) is 25.7 Å². The summed E-state index contributed by atoms with van der Waals surface area (Å²) in [5, 5.41) is 3.17. The van der Waals surface area contributed by atoms with Crippen LogP contribution in [0.2, 0.25) is 0 Å². The first-order chi connectivity index (χ1) is 9.55. The van der Waals surface area contributed by atoms with Gasteiger partial charge in [-0.3, -0.25) is 9.78 Å². The number of hydrogen-bond acceptors (Lipinski definition) is 6. The Labute approximate surface area is 123 Å². The third-order valence-corrected chi connectivity index (χ3v) is 4.07. The predicted octanol–water partition coefficient (Wildman–Crippen LogP) is 1.99. The molecule has 3 atom stereocenters. The number of anilines is 2. The number of nitrogens with two attached hydrogens (primary N) is 1. The fraction of sp³-hybridized carbons (Fsp3) is 0.692. The zero-order valence-corrected chi connectivity index (χ0v) is 12.7. The fourth-order valence-corrected chi connectivity index (χ4v) is 2.77. The monoisotopic (exact) mass is 298 g/mol. The summed E-state index contributed by atoms with van der Waals surface area (Å²) in [6.45, 7) is 4.29. The van der Waals surface area contributed by atoms with Crippen molar-refractivity contribution in [3.05, 3.63) is 10.4 Å². The average molecular weight is 298 g/mol. The van der Waals surface area contributed by atoms with Crippen LogP contribution in [0.3, 0.4) is 0 Å². The normalized spacial score (nSPS) is 25.9. The van der Waals surface area contributed by atoms with E-state index in [1.807, 2.05) is 0 Å². The summed E-state index contributed by atoms with van der Waals surface area (Å²) < 4.78 is 6.01. The Morgan fingerprint density at radius 1 is 1.55 bits per heavy atom. The van der Waals surface area contributed by atoms with Crippen LogP contribution in [0, 0.1) is 5.92 Å². The molecule has 6 nitrogen and oxygen atoms in total. The maximum atomic E-state index is 11.6. The molecule has 0 radical (unpaired) electrons. The second-order valence-corrected chi connectivity index (χ2v) is 5.61. The first kappa shape index (κ1) is 15.2. The maximum Gasteiger partial charge on any atom is 0.267 e. The topological polar surface area (TPSA) is 93.0 Å². The molecule has 2 rings (SSSR count). The van der Waals surface area contributed by atoms with Gasteiger partial charge in [0.25, 0.3) is 5.56 Å². The second kappa shape index (κ2) is 6.49. The van der Waals surface area contributed by atoms with Crippen molar-refractivity contribution in [1.82, 2.24) is 9.97 Å². The van der Waals surface area contributed by atoms with E-state index in [2.05, 4.69) is 41.8 Å². The van der Waals surface area contributed by atoms with Gasteiger partial charge in [0.2, 0.25) is 5.95 Å². The van der Waals surface area contributed by atoms with Crippen molar-refractivity contribution in [2.45, 2.75) is 56.8 Å². The van der Waals surface area contributed by atoms with Crippen LogP contribution < -0.4 is 16.6 Å². The maximum absolute atomic E-state index is 11.6. The van der Waals surface area contributed by atoms with E-state index in [1.54, 1.807) is 0 Å². The van der Waals surface area contributed by atoms with Crippen molar-refractivity contribution in [2.24, 2.45) is 5.92 Å². The summed E-state index contributed by atoms with van der Waals surface area (Å²) in [5.74, 6) is 0.864. The highest BCUT2D eigenvalue weighted by molar-refractivity contribution is 7.80. The molecular formula is C13H22N4O2S. The molecule has 0 bridgehead atoms. The fourth-order valence-electron chi connectivity index (χ4n) is 2.60. The van der Waals surface area contributed by atoms with Crippen LogP contribution in [0.25, 0.3) is 0 Å². The van der Waals surface area contributed by atoms with Crippen LogP contribution in [0.4, 0.5) is 11.8 Å². The van der Waals surface area contributed by atoms with Crippen LogP contribution in [0.1, 0.15) is 39.5 Å². The Morgan fingerprint density at radius 3 is 2.95 bits per heavy atom. The quantitative estimate of drug-likeness (QED) is 0.624. The van der Waals surface area contributed by atoms with Gasteiger partial charge in [-0.05, 0) is 19.3 Å². The molecule has 0 aromatic carbocycles. The Hall–Kier alpha value is -1.21. The number of ether oxygens (including phenoxy) is 1. The van der Waals surface area contributed by atoms with Gasteiger partial charge in [-0.15, -0.1) is 12.6 Å². The lowest BCUT2D eigenvalue weighted by Crippen LogP contribution is -2.28. The lowest BCUT2D eigenvalue weighted by molar-refractivity contribution is 0.0459. The molecule has 1 aliphatic heterocycles. The molecule has 0 saturated carbocycles. The third kappa shape index (κ3) is 3.27. The third-order valence-electron chi connectivity index (χ3n) is 3.66. The van der Waals surface area contributed by atoms with Gasteiger partial charge in [-0.25, -0.2) is 0 Å². The van der Waals surface area contributed by atoms with Gasteiger partial charge in [-0.2, -0.15) is 4.98 Å². The van der Waals surface area contributed by atoms with Crippen LogP contribution in [-0.4, -0.2) is 22.3 Å². The highest BCUT2D eigenvalue weighted by Gasteiger charge is 2.34. The number of nitrogens with zero attached hydrogens (tertiary/aromatic N) is 1. The molecular weight excluding hydrogens is 276 g/mol. The number of aromatic amines is 1. The zero-order chi connectivity index (χ0) is 14.7. The van der Waals surface area contributed by atoms with Crippen molar-refractivity contribution in [3.8, 4) is 0 Å². The largest absolute Gasteiger partial charge is 0.369 e. The van der Waals surface area contributed by atoms with E-state index in [-0.39, 0.29) is 28.7 Å². The first-order valence-electron chi connectivity index (χ1n) is 7.05. The number of nitrogens with one attached hydrogen (secondary N) is 2. The van der Waals surface area contributed by atoms with E-state index in [4.69, 9.17) is 10.5 Å². The van der Waals surface area contributed by atoms with Crippen LogP contribution in [0.5, 0.6) is 0 Å². The van der Waals surface area contributed by atoms with Crippen molar-refractivity contribution in [1.29, 1.82) is 0 Å². The first-order valence-corrected chi connectivity index (χ1v) is 7.50. The molecule has 1 saturated heterocycles. The highest BCUT2D eigenvalue weighted by Crippen LogP contribution is 2.32. The predicted molar refractivity (Wildman–Crippen MR) is 82.1 cm³/mol. The summed E-state index contributed by atoms with van der Waals surface area (Å²) in [6.07, 6.45) is 4.32. The molecule has 2 heterocycles. The summed E-state index contributed by atoms with van der Waals surface area (Å²) in [7, 11) is 0. The molecule has 3 unspecified atom stereocenters. The Balaban J connectivity index is 2.14. The molecule has 0 aliphatic carbocycles. The lowest BCUT2D eigenvalue weighted by Gasteiger charge is -2.20. The molecule has 1 fully saturated rings. The molecule has 112 valence electrons. The summed E-state index contributed by atoms with van der Waals surface area (Å²) in [6, 6.07) is 0. The minimum atomic E-state index is -0.348. The van der Waals surface area contributed by atoms with Crippen molar-refractivity contribution in [3.63, 3.8) is 0 Å². The zero-order valence-electron chi connectivity index (χ0n) is 11.8. The Morgan fingerprint density at radius 2 is 2.30 bits per heavy atom. The summed E-state index contributed by atoms with van der Waals surface area (Å²) in [4.78, 5) is 18.4. The minimum Gasteiger partial charge on any atom is -0.369 e. The van der Waals surface area contributed by atoms with Gasteiger partial charge in [-0.1, -0.05) is 20.3 Å². The summed E-state index contributed by atoms with van der Waals surface area (Å²) in [5.41, 5.74) is 5.22. The number of aromatic nitrogens is 2. The number of nitrogen functional groups attached to an aromatic ring is 1. The number of hydrogen-bond donors (Lipinski definition) is 4. The van der Waals surface area contributed by atoms with E-state index < -0.39 is 0 Å². The SMILES string of the molecule is CCCC1CC(CC)C(Nc2nc(N)[nH]c(=O)c2S)O1. The number of rotatable bonds is 5. The van der Waals surface area contributed by atoms with Crippen LogP contribution >= 0.6 is 12.6 Å².